The summed E-state index contributed by atoms with van der Waals surface area (Å²) in [5.41, 5.74) is 1.36. The van der Waals surface area contributed by atoms with Crippen LogP contribution in [0.4, 0.5) is 4.39 Å². The van der Waals surface area contributed by atoms with Gasteiger partial charge in [0.25, 0.3) is 5.91 Å². The molecule has 152 valence electrons. The number of amides is 1. The predicted molar refractivity (Wildman–Crippen MR) is 107 cm³/mol. The van der Waals surface area contributed by atoms with E-state index in [0.29, 0.717) is 43.4 Å². The van der Waals surface area contributed by atoms with E-state index >= 15 is 0 Å². The molecule has 0 saturated carbocycles. The van der Waals surface area contributed by atoms with Gasteiger partial charge >= 0.3 is 0 Å². The van der Waals surface area contributed by atoms with Crippen molar-refractivity contribution in [1.29, 1.82) is 0 Å². The van der Waals surface area contributed by atoms with Gasteiger partial charge in [0.2, 0.25) is 0 Å². The van der Waals surface area contributed by atoms with Gasteiger partial charge in [0.15, 0.2) is 0 Å². The summed E-state index contributed by atoms with van der Waals surface area (Å²) < 4.78 is 25.8. The highest BCUT2D eigenvalue weighted by Gasteiger charge is 2.19. The number of benzene rings is 2. The van der Waals surface area contributed by atoms with Gasteiger partial charge in [-0.1, -0.05) is 18.2 Å². The fourth-order valence-corrected chi connectivity index (χ4v) is 3.03. The van der Waals surface area contributed by atoms with Crippen LogP contribution in [0.5, 0.6) is 5.75 Å². The van der Waals surface area contributed by atoms with Crippen molar-refractivity contribution >= 4 is 5.91 Å². The van der Waals surface area contributed by atoms with Gasteiger partial charge in [0, 0.05) is 38.2 Å². The number of halogens is 1. The molecule has 0 spiro atoms. The lowest BCUT2D eigenvalue weighted by atomic mass is 10.2. The van der Waals surface area contributed by atoms with Crippen LogP contribution < -0.4 is 4.74 Å². The molecule has 0 atom stereocenters. The van der Waals surface area contributed by atoms with Crippen LogP contribution in [0.25, 0.3) is 0 Å². The average Bonchev–Trinajstić information content (AvgIpc) is 3.17. The first-order valence-electron chi connectivity index (χ1n) is 9.27. The fraction of sp³-hybridized carbons (Fsp3) is 0.273. The lowest BCUT2D eigenvalue weighted by molar-refractivity contribution is 0.0673. The van der Waals surface area contributed by atoms with E-state index in [9.17, 15) is 9.18 Å². The molecule has 0 radical (unpaired) electrons. The molecule has 1 aromatic heterocycles. The zero-order valence-corrected chi connectivity index (χ0v) is 16.5. The number of ether oxygens (including phenoxy) is 2. The summed E-state index contributed by atoms with van der Waals surface area (Å²) in [7, 11) is 3.16. The molecule has 1 heterocycles. The Balaban J connectivity index is 1.80. The molecular formula is C22H24FN3O3. The number of rotatable bonds is 9. The summed E-state index contributed by atoms with van der Waals surface area (Å²) in [5, 5.41) is 0. The molecular weight excluding hydrogens is 373 g/mol. The van der Waals surface area contributed by atoms with E-state index in [1.807, 2.05) is 16.8 Å². The molecule has 29 heavy (non-hydrogen) atoms. The summed E-state index contributed by atoms with van der Waals surface area (Å²) in [5.74, 6) is 0.914. The van der Waals surface area contributed by atoms with Crippen LogP contribution >= 0.6 is 0 Å². The van der Waals surface area contributed by atoms with E-state index in [1.54, 1.807) is 55.6 Å². The second kappa shape index (κ2) is 9.84. The van der Waals surface area contributed by atoms with Crippen LogP contribution in [0.1, 0.15) is 21.7 Å². The molecule has 0 saturated heterocycles. The first-order chi connectivity index (χ1) is 14.1. The smallest absolute Gasteiger partial charge is 0.254 e. The number of carbonyl (C=O) groups excluding carboxylic acids is 1. The Labute approximate surface area is 169 Å². The Hall–Kier alpha value is -3.19. The maximum Gasteiger partial charge on any atom is 0.254 e. The Kier molecular flexibility index (Phi) is 6.97. The van der Waals surface area contributed by atoms with Gasteiger partial charge in [0.1, 0.15) is 17.4 Å². The van der Waals surface area contributed by atoms with Crippen molar-refractivity contribution in [1.82, 2.24) is 14.5 Å². The molecule has 3 rings (SSSR count). The SMILES string of the molecule is COCCN(Cc1nccn1Cc1cccc(F)c1)C(=O)c1cccc(OC)c1. The summed E-state index contributed by atoms with van der Waals surface area (Å²) in [6, 6.07) is 13.5. The Bertz CT molecular complexity index is 958. The Morgan fingerprint density at radius 3 is 2.76 bits per heavy atom. The third kappa shape index (κ3) is 5.42. The molecule has 0 aliphatic carbocycles. The summed E-state index contributed by atoms with van der Waals surface area (Å²) in [6.07, 6.45) is 3.50. The molecule has 0 aliphatic rings. The quantitative estimate of drug-likeness (QED) is 0.556. The van der Waals surface area contributed by atoms with Crippen molar-refractivity contribution in [2.75, 3.05) is 27.4 Å². The molecule has 0 unspecified atom stereocenters. The number of nitrogens with zero attached hydrogens (tertiary/aromatic N) is 3. The van der Waals surface area contributed by atoms with Gasteiger partial charge in [-0.15, -0.1) is 0 Å². The molecule has 3 aromatic rings. The first kappa shape index (κ1) is 20.5. The Morgan fingerprint density at radius 2 is 2.00 bits per heavy atom. The third-order valence-corrected chi connectivity index (χ3v) is 4.55. The van der Waals surface area contributed by atoms with Crippen LogP contribution in [-0.2, 0) is 17.8 Å². The van der Waals surface area contributed by atoms with Crippen LogP contribution in [0.3, 0.4) is 0 Å². The number of imidazole rings is 1. The van der Waals surface area contributed by atoms with E-state index in [1.165, 1.54) is 12.1 Å². The lowest BCUT2D eigenvalue weighted by Crippen LogP contribution is -2.34. The van der Waals surface area contributed by atoms with Gasteiger partial charge < -0.3 is 18.9 Å². The van der Waals surface area contributed by atoms with E-state index in [-0.39, 0.29) is 11.7 Å². The van der Waals surface area contributed by atoms with Crippen LogP contribution in [0.15, 0.2) is 60.9 Å². The molecule has 0 fully saturated rings. The van der Waals surface area contributed by atoms with Crippen LogP contribution in [-0.4, -0.2) is 47.7 Å². The van der Waals surface area contributed by atoms with Crippen molar-refractivity contribution in [2.24, 2.45) is 0 Å². The van der Waals surface area contributed by atoms with Crippen molar-refractivity contribution in [3.63, 3.8) is 0 Å². The minimum absolute atomic E-state index is 0.138. The monoisotopic (exact) mass is 397 g/mol. The van der Waals surface area contributed by atoms with Crippen molar-refractivity contribution in [3.05, 3.63) is 83.7 Å². The maximum absolute atomic E-state index is 13.5. The topological polar surface area (TPSA) is 56.6 Å². The Morgan fingerprint density at radius 1 is 1.17 bits per heavy atom. The van der Waals surface area contributed by atoms with E-state index in [0.717, 1.165) is 5.56 Å². The van der Waals surface area contributed by atoms with E-state index in [4.69, 9.17) is 9.47 Å². The maximum atomic E-state index is 13.5. The largest absolute Gasteiger partial charge is 0.497 e. The third-order valence-electron chi connectivity index (χ3n) is 4.55. The summed E-state index contributed by atoms with van der Waals surface area (Å²) >= 11 is 0. The lowest BCUT2D eigenvalue weighted by Gasteiger charge is -2.23. The number of hydrogen-bond donors (Lipinski definition) is 0. The van der Waals surface area contributed by atoms with Crippen molar-refractivity contribution < 1.29 is 18.7 Å². The summed E-state index contributed by atoms with van der Waals surface area (Å²) in [6.45, 7) is 1.60. The molecule has 2 aromatic carbocycles. The number of hydrogen-bond acceptors (Lipinski definition) is 4. The zero-order chi connectivity index (χ0) is 20.6. The second-order valence-corrected chi connectivity index (χ2v) is 6.55. The van der Waals surface area contributed by atoms with Crippen LogP contribution in [0, 0.1) is 5.82 Å². The highest BCUT2D eigenvalue weighted by molar-refractivity contribution is 5.94. The molecule has 1 amide bonds. The molecule has 7 heteroatoms. The van der Waals surface area contributed by atoms with Gasteiger partial charge in [0.05, 0.1) is 20.3 Å². The fourth-order valence-electron chi connectivity index (χ4n) is 3.03. The molecule has 0 bridgehead atoms. The normalized spacial score (nSPS) is 10.7. The minimum Gasteiger partial charge on any atom is -0.497 e. The van der Waals surface area contributed by atoms with Crippen molar-refractivity contribution in [2.45, 2.75) is 13.1 Å². The van der Waals surface area contributed by atoms with Gasteiger partial charge in [-0.2, -0.15) is 0 Å². The molecule has 6 nitrogen and oxygen atoms in total. The average molecular weight is 397 g/mol. The van der Waals surface area contributed by atoms with Gasteiger partial charge in [-0.25, -0.2) is 9.37 Å². The second-order valence-electron chi connectivity index (χ2n) is 6.55. The van der Waals surface area contributed by atoms with E-state index in [2.05, 4.69) is 4.98 Å². The molecule has 0 N–H and O–H groups in total. The van der Waals surface area contributed by atoms with E-state index < -0.39 is 0 Å². The zero-order valence-electron chi connectivity index (χ0n) is 16.5. The standard InChI is InChI=1S/C22H24FN3O3/c1-28-12-11-26(22(27)18-6-4-8-20(14-18)29-2)16-21-24-9-10-25(21)15-17-5-3-7-19(23)13-17/h3-10,13-14H,11-12,15-16H2,1-2H3. The summed E-state index contributed by atoms with van der Waals surface area (Å²) in [4.78, 5) is 19.2. The van der Waals surface area contributed by atoms with Crippen LogP contribution in [0.2, 0.25) is 0 Å². The predicted octanol–water partition coefficient (Wildman–Crippen LogP) is 3.37. The first-order valence-corrected chi connectivity index (χ1v) is 9.27. The van der Waals surface area contributed by atoms with Crippen molar-refractivity contribution in [3.8, 4) is 5.75 Å². The molecule has 0 aliphatic heterocycles. The number of carbonyl (C=O) groups is 1. The van der Waals surface area contributed by atoms with Gasteiger partial charge in [-0.05, 0) is 35.9 Å². The minimum atomic E-state index is -0.279. The number of methoxy groups -OCH3 is 2. The van der Waals surface area contributed by atoms with Gasteiger partial charge in [-0.3, -0.25) is 4.79 Å². The number of aromatic nitrogens is 2. The highest BCUT2D eigenvalue weighted by atomic mass is 19.1. The highest BCUT2D eigenvalue weighted by Crippen LogP contribution is 2.16.